The Balaban J connectivity index is 1.73. The fourth-order valence-electron chi connectivity index (χ4n) is 3.74. The molecule has 178 valence electrons. The Morgan fingerprint density at radius 1 is 1.21 bits per heavy atom. The fraction of sp³-hybridized carbons (Fsp3) is 0.304. The molecule has 3 heterocycles. The summed E-state index contributed by atoms with van der Waals surface area (Å²) < 4.78 is 37.1. The molecule has 11 heteroatoms. The number of hydrogen-bond acceptors (Lipinski definition) is 7. The second-order valence-electron chi connectivity index (χ2n) is 8.09. The molecule has 34 heavy (non-hydrogen) atoms. The van der Waals surface area contributed by atoms with Gasteiger partial charge in [-0.1, -0.05) is 0 Å². The maximum Gasteiger partial charge on any atom is 0.283 e. The van der Waals surface area contributed by atoms with Crippen molar-refractivity contribution in [1.82, 2.24) is 9.47 Å². The van der Waals surface area contributed by atoms with Crippen LogP contribution in [0.3, 0.4) is 0 Å². The Morgan fingerprint density at radius 2 is 1.88 bits per heavy atom. The minimum Gasteiger partial charge on any atom is -0.494 e. The van der Waals surface area contributed by atoms with Crippen LogP contribution >= 0.6 is 11.9 Å². The van der Waals surface area contributed by atoms with E-state index in [1.807, 2.05) is 55.7 Å². The maximum atomic E-state index is 12.8. The molecule has 0 saturated heterocycles. The summed E-state index contributed by atoms with van der Waals surface area (Å²) >= 11 is 0.788. The fourth-order valence-corrected chi connectivity index (χ4v) is 5.80. The van der Waals surface area contributed by atoms with Crippen molar-refractivity contribution in [2.45, 2.75) is 39.9 Å². The van der Waals surface area contributed by atoms with Gasteiger partial charge in [-0.2, -0.15) is 9.39 Å². The van der Waals surface area contributed by atoms with Gasteiger partial charge >= 0.3 is 0 Å². The molecule has 0 atom stereocenters. The first kappa shape index (κ1) is 24.0. The van der Waals surface area contributed by atoms with Gasteiger partial charge in [-0.3, -0.25) is 10.2 Å². The largest absolute Gasteiger partial charge is 0.494 e. The van der Waals surface area contributed by atoms with E-state index < -0.39 is 21.0 Å². The van der Waals surface area contributed by atoms with Crippen LogP contribution in [0.25, 0.3) is 11.8 Å². The average molecular weight is 500 g/mol. The zero-order chi connectivity index (χ0) is 24.8. The van der Waals surface area contributed by atoms with Crippen molar-refractivity contribution in [2.24, 2.45) is 9.39 Å². The topological polar surface area (TPSA) is 117 Å². The summed E-state index contributed by atoms with van der Waals surface area (Å²) in [6.07, 6.45) is 1.58. The maximum absolute atomic E-state index is 12.8. The predicted molar refractivity (Wildman–Crippen MR) is 135 cm³/mol. The van der Waals surface area contributed by atoms with E-state index in [4.69, 9.17) is 10.1 Å². The lowest BCUT2D eigenvalue weighted by Gasteiger charge is -2.25. The number of amidine groups is 3. The molecule has 0 spiro atoms. The number of hydrogen-bond donors (Lipinski definition) is 1. The zero-order valence-electron chi connectivity index (χ0n) is 19.5. The van der Waals surface area contributed by atoms with E-state index in [-0.39, 0.29) is 21.7 Å². The van der Waals surface area contributed by atoms with Crippen LogP contribution in [0.2, 0.25) is 0 Å². The molecular formula is C23H25N5O4S2. The highest BCUT2D eigenvalue weighted by Crippen LogP contribution is 2.32. The molecular weight excluding hydrogens is 474 g/mol. The van der Waals surface area contributed by atoms with Gasteiger partial charge in [-0.25, -0.2) is 13.3 Å². The number of nitrogens with one attached hydrogen (secondary N) is 1. The van der Waals surface area contributed by atoms with Gasteiger partial charge < -0.3 is 9.30 Å². The van der Waals surface area contributed by atoms with Crippen molar-refractivity contribution >= 4 is 49.9 Å². The Labute approximate surface area is 202 Å². The summed E-state index contributed by atoms with van der Waals surface area (Å²) in [5.41, 5.74) is 3.47. The number of sulfone groups is 1. The monoisotopic (exact) mass is 499 g/mol. The number of aromatic nitrogens is 1. The molecule has 0 saturated carbocycles. The second kappa shape index (κ2) is 8.88. The van der Waals surface area contributed by atoms with E-state index in [0.29, 0.717) is 6.61 Å². The Hall–Kier alpha value is -3.18. The van der Waals surface area contributed by atoms with Crippen LogP contribution in [0.4, 0.5) is 0 Å². The molecule has 1 aromatic heterocycles. The number of amides is 1. The third kappa shape index (κ3) is 3.98. The number of carbonyl (C=O) groups is 1. The number of aliphatic imine (C=N–C) groups is 1. The first-order chi connectivity index (χ1) is 16.1. The summed E-state index contributed by atoms with van der Waals surface area (Å²) in [6, 6.07) is 9.61. The van der Waals surface area contributed by atoms with Crippen LogP contribution in [-0.4, -0.2) is 51.8 Å². The molecule has 0 fully saturated rings. The van der Waals surface area contributed by atoms with Crippen LogP contribution < -0.4 is 4.74 Å². The molecule has 1 N–H and O–H groups in total. The Bertz CT molecular complexity index is 1380. The lowest BCUT2D eigenvalue weighted by molar-refractivity contribution is -0.114. The van der Waals surface area contributed by atoms with Crippen molar-refractivity contribution in [3.63, 3.8) is 0 Å². The molecule has 0 bridgehead atoms. The third-order valence-corrected chi connectivity index (χ3v) is 8.39. The van der Waals surface area contributed by atoms with Gasteiger partial charge in [-0.05, 0) is 76.6 Å². The Morgan fingerprint density at radius 3 is 2.50 bits per heavy atom. The first-order valence-electron chi connectivity index (χ1n) is 10.7. The minimum atomic E-state index is -3.77. The molecule has 1 aromatic carbocycles. The third-order valence-electron chi connectivity index (χ3n) is 5.55. The molecule has 4 rings (SSSR count). The number of rotatable bonds is 5. The first-order valence-corrected chi connectivity index (χ1v) is 13.0. The summed E-state index contributed by atoms with van der Waals surface area (Å²) in [5, 5.41) is 7.72. The number of carbonyl (C=O) groups excluding carboxylic acids is 1. The highest BCUT2D eigenvalue weighted by atomic mass is 32.2. The highest BCUT2D eigenvalue weighted by molar-refractivity contribution is 8.16. The molecule has 0 radical (unpaired) electrons. The number of ether oxygens (including phenoxy) is 1. The van der Waals surface area contributed by atoms with E-state index in [1.165, 1.54) is 0 Å². The van der Waals surface area contributed by atoms with Gasteiger partial charge in [0.05, 0.1) is 29.4 Å². The molecule has 9 nitrogen and oxygen atoms in total. The zero-order valence-corrected chi connectivity index (χ0v) is 21.1. The molecule has 2 aliphatic rings. The number of nitrogens with zero attached hydrogens (tertiary/aromatic N) is 4. The lowest BCUT2D eigenvalue weighted by Crippen LogP contribution is -2.46. The second-order valence-corrected chi connectivity index (χ2v) is 11.2. The van der Waals surface area contributed by atoms with Gasteiger partial charge in [0.25, 0.3) is 5.91 Å². The molecule has 1 amide bonds. The summed E-state index contributed by atoms with van der Waals surface area (Å²) in [7, 11) is -3.77. The van der Waals surface area contributed by atoms with Gasteiger partial charge in [0.1, 0.15) is 11.6 Å². The number of aryl methyl sites for hydroxylation is 1. The van der Waals surface area contributed by atoms with Gasteiger partial charge in [0.15, 0.2) is 0 Å². The van der Waals surface area contributed by atoms with Crippen LogP contribution in [0, 0.1) is 19.3 Å². The van der Waals surface area contributed by atoms with Gasteiger partial charge in [-0.15, -0.1) is 0 Å². The molecule has 2 aliphatic heterocycles. The van der Waals surface area contributed by atoms with Crippen molar-refractivity contribution in [2.75, 3.05) is 6.61 Å². The smallest absolute Gasteiger partial charge is 0.283 e. The average Bonchev–Trinajstić information content (AvgIpc) is 3.33. The van der Waals surface area contributed by atoms with E-state index in [0.717, 1.165) is 45.2 Å². The van der Waals surface area contributed by atoms with E-state index in [2.05, 4.69) is 9.39 Å². The number of fused-ring (bicyclic) bond motifs is 1. The summed E-state index contributed by atoms with van der Waals surface area (Å²) in [6.45, 7) is 9.48. The number of benzene rings is 1. The van der Waals surface area contributed by atoms with Crippen LogP contribution in [0.15, 0.2) is 45.3 Å². The molecule has 0 aliphatic carbocycles. The molecule has 0 unspecified atom stereocenters. The van der Waals surface area contributed by atoms with Crippen LogP contribution in [0.1, 0.15) is 37.7 Å². The van der Waals surface area contributed by atoms with Crippen LogP contribution in [0.5, 0.6) is 5.75 Å². The standard InChI is InChI=1S/C23H25N5O4S2/c1-6-32-18-9-7-17(8-10-18)27-14(4)11-16(15(27)5)12-19-20(24)28-22(25-21(19)29)33-26-23(28)34(30,31)13(2)3/h7-13,24H,6H2,1-5H3/b19-12-,24-20?. The van der Waals surface area contributed by atoms with Gasteiger partial charge in [0.2, 0.25) is 20.2 Å². The minimum absolute atomic E-state index is 0.00449. The summed E-state index contributed by atoms with van der Waals surface area (Å²) in [5.74, 6) is -0.0786. The normalized spacial score (nSPS) is 17.4. The SMILES string of the molecule is CCOc1ccc(-n2c(C)cc(/C=C3/C(=N)N4C(=NC3=O)SN=C4S(=O)(=O)C(C)C)c2C)cc1. The van der Waals surface area contributed by atoms with Crippen molar-refractivity contribution in [3.8, 4) is 11.4 Å². The van der Waals surface area contributed by atoms with E-state index >= 15 is 0 Å². The Kier molecular flexibility index (Phi) is 6.26. The van der Waals surface area contributed by atoms with Crippen LogP contribution in [-0.2, 0) is 14.6 Å². The van der Waals surface area contributed by atoms with E-state index in [1.54, 1.807) is 19.9 Å². The van der Waals surface area contributed by atoms with Crippen molar-refractivity contribution in [1.29, 1.82) is 5.41 Å². The van der Waals surface area contributed by atoms with Crippen molar-refractivity contribution < 1.29 is 17.9 Å². The predicted octanol–water partition coefficient (Wildman–Crippen LogP) is 3.89. The van der Waals surface area contributed by atoms with Gasteiger partial charge in [0, 0.05) is 17.1 Å². The summed E-state index contributed by atoms with van der Waals surface area (Å²) in [4.78, 5) is 17.9. The highest BCUT2D eigenvalue weighted by Gasteiger charge is 2.43. The lowest BCUT2D eigenvalue weighted by atomic mass is 10.1. The van der Waals surface area contributed by atoms with E-state index in [9.17, 15) is 13.2 Å². The quantitative estimate of drug-likeness (QED) is 0.493. The molecule has 2 aromatic rings. The van der Waals surface area contributed by atoms with Crippen molar-refractivity contribution in [3.05, 3.63) is 52.9 Å².